The van der Waals surface area contributed by atoms with Crippen LogP contribution in [0.15, 0.2) is 18.3 Å². The molecule has 0 bridgehead atoms. The van der Waals surface area contributed by atoms with Gasteiger partial charge in [0, 0.05) is 18.8 Å². The molecule has 0 spiro atoms. The summed E-state index contributed by atoms with van der Waals surface area (Å²) >= 11 is 0. The molecule has 2 unspecified atom stereocenters. The van der Waals surface area contributed by atoms with Gasteiger partial charge in [-0.1, -0.05) is 6.92 Å². The Morgan fingerprint density at radius 1 is 1.37 bits per heavy atom. The van der Waals surface area contributed by atoms with E-state index in [-0.39, 0.29) is 5.92 Å². The van der Waals surface area contributed by atoms with Crippen molar-refractivity contribution < 1.29 is 36.2 Å². The predicted octanol–water partition coefficient (Wildman–Crippen LogP) is 2.45. The van der Waals surface area contributed by atoms with Crippen molar-refractivity contribution in [2.45, 2.75) is 31.7 Å². The highest BCUT2D eigenvalue weighted by Crippen LogP contribution is 2.31. The molecule has 27 heavy (non-hydrogen) atoms. The van der Waals surface area contributed by atoms with Crippen molar-refractivity contribution in [1.29, 1.82) is 0 Å². The summed E-state index contributed by atoms with van der Waals surface area (Å²) in [5.74, 6) is -7.17. The van der Waals surface area contributed by atoms with Crippen LogP contribution in [-0.2, 0) is 4.79 Å². The van der Waals surface area contributed by atoms with Crippen molar-refractivity contribution in [3.63, 3.8) is 0 Å². The zero-order valence-corrected chi connectivity index (χ0v) is 14.7. The number of hydrogen-bond acceptors (Lipinski definition) is 5. The quantitative estimate of drug-likeness (QED) is 0.748. The normalized spacial score (nSPS) is 21.6. The number of hydrogen-bond donors (Lipinski definition) is 1. The number of aromatic nitrogens is 1. The van der Waals surface area contributed by atoms with E-state index in [2.05, 4.69) is 19.8 Å². The van der Waals surface area contributed by atoms with Crippen molar-refractivity contribution >= 4 is 5.91 Å². The zero-order chi connectivity index (χ0) is 20.2. The van der Waals surface area contributed by atoms with E-state index < -0.39 is 42.5 Å². The highest BCUT2D eigenvalue weighted by molar-refractivity contribution is 5.83. The highest BCUT2D eigenvalue weighted by atomic mass is 19.4. The molecule has 1 amide bonds. The van der Waals surface area contributed by atoms with Gasteiger partial charge < -0.3 is 19.7 Å². The number of nitrogens with zero attached hydrogens (tertiary/aromatic N) is 2. The van der Waals surface area contributed by atoms with Gasteiger partial charge in [-0.3, -0.25) is 4.79 Å². The Morgan fingerprint density at radius 2 is 2.07 bits per heavy atom. The van der Waals surface area contributed by atoms with Gasteiger partial charge in [0.2, 0.25) is 0 Å². The minimum atomic E-state index is -5.04. The van der Waals surface area contributed by atoms with Crippen molar-refractivity contribution in [3.8, 4) is 11.6 Å². The minimum absolute atomic E-state index is 0.0213. The third kappa shape index (κ3) is 6.19. The molecule has 1 saturated heterocycles. The van der Waals surface area contributed by atoms with Gasteiger partial charge in [0.25, 0.3) is 11.8 Å². The molecule has 2 rings (SSSR count). The number of carbonyl (C=O) groups excluding carboxylic acids is 1. The number of likely N-dealkylation sites (tertiary alicyclic amines) is 1. The molecular weight excluding hydrogens is 377 g/mol. The fourth-order valence-electron chi connectivity index (χ4n) is 2.75. The van der Waals surface area contributed by atoms with Gasteiger partial charge in [-0.05, 0) is 38.1 Å². The second kappa shape index (κ2) is 8.24. The second-order valence-corrected chi connectivity index (χ2v) is 6.46. The molecule has 1 aromatic heterocycles. The van der Waals surface area contributed by atoms with E-state index in [0.29, 0.717) is 19.5 Å². The Kier molecular flexibility index (Phi) is 6.45. The first-order valence-electron chi connectivity index (χ1n) is 8.19. The lowest BCUT2D eigenvalue weighted by molar-refractivity contribution is -0.275. The standard InChI is InChI=1S/C16H20F5N3O3/c1-10-8-24(2)7-5-11(10)23-14(25)15(17,18)9-26-13-12(4-3-6-22-13)27-16(19,20)21/h3-4,6,10-11H,5,7-9H2,1-2H3,(H,23,25). The lowest BCUT2D eigenvalue weighted by atomic mass is 9.94. The van der Waals surface area contributed by atoms with Crippen LogP contribution >= 0.6 is 0 Å². The minimum Gasteiger partial charge on any atom is -0.468 e. The smallest absolute Gasteiger partial charge is 0.468 e. The third-order valence-electron chi connectivity index (χ3n) is 4.11. The fourth-order valence-corrected chi connectivity index (χ4v) is 2.75. The zero-order valence-electron chi connectivity index (χ0n) is 14.7. The van der Waals surface area contributed by atoms with Crippen LogP contribution in [0, 0.1) is 5.92 Å². The van der Waals surface area contributed by atoms with Gasteiger partial charge in [-0.2, -0.15) is 8.78 Å². The SMILES string of the molecule is CC1CN(C)CCC1NC(=O)C(F)(F)COc1ncccc1OC(F)(F)F. The van der Waals surface area contributed by atoms with Crippen molar-refractivity contribution in [2.75, 3.05) is 26.7 Å². The monoisotopic (exact) mass is 397 g/mol. The number of carbonyl (C=O) groups is 1. The predicted molar refractivity (Wildman–Crippen MR) is 84.6 cm³/mol. The van der Waals surface area contributed by atoms with Crippen LogP contribution in [0.4, 0.5) is 22.0 Å². The summed E-state index contributed by atoms with van der Waals surface area (Å²) in [6.45, 7) is 1.68. The number of ether oxygens (including phenoxy) is 2. The highest BCUT2D eigenvalue weighted by Gasteiger charge is 2.42. The molecule has 6 nitrogen and oxygen atoms in total. The Hall–Kier alpha value is -2.17. The van der Waals surface area contributed by atoms with Gasteiger partial charge in [0.15, 0.2) is 12.4 Å². The van der Waals surface area contributed by atoms with Crippen molar-refractivity contribution in [2.24, 2.45) is 5.92 Å². The maximum atomic E-state index is 14.1. The van der Waals surface area contributed by atoms with E-state index in [1.807, 2.05) is 18.9 Å². The average molecular weight is 397 g/mol. The Bertz CT molecular complexity index is 656. The van der Waals surface area contributed by atoms with Gasteiger partial charge in [-0.15, -0.1) is 13.2 Å². The van der Waals surface area contributed by atoms with Crippen LogP contribution in [0.2, 0.25) is 0 Å². The van der Waals surface area contributed by atoms with Gasteiger partial charge in [0.1, 0.15) is 0 Å². The molecule has 1 aliphatic rings. The van der Waals surface area contributed by atoms with E-state index >= 15 is 0 Å². The molecule has 0 saturated carbocycles. The molecule has 1 fully saturated rings. The summed E-state index contributed by atoms with van der Waals surface area (Å²) in [4.78, 5) is 17.4. The number of piperidine rings is 1. The van der Waals surface area contributed by atoms with Crippen LogP contribution in [0.1, 0.15) is 13.3 Å². The topological polar surface area (TPSA) is 63.7 Å². The summed E-state index contributed by atoms with van der Waals surface area (Å²) in [6, 6.07) is 1.58. The van der Waals surface area contributed by atoms with E-state index in [1.54, 1.807) is 0 Å². The van der Waals surface area contributed by atoms with Crippen LogP contribution < -0.4 is 14.8 Å². The van der Waals surface area contributed by atoms with Crippen LogP contribution in [-0.4, -0.2) is 60.9 Å². The lowest BCUT2D eigenvalue weighted by Crippen LogP contribution is -2.54. The first-order chi connectivity index (χ1) is 12.5. The van der Waals surface area contributed by atoms with Gasteiger partial charge in [0.05, 0.1) is 0 Å². The summed E-state index contributed by atoms with van der Waals surface area (Å²) in [5, 5.41) is 2.29. The summed E-state index contributed by atoms with van der Waals surface area (Å²) in [5.41, 5.74) is 0. The number of halogens is 5. The number of pyridine rings is 1. The van der Waals surface area contributed by atoms with Crippen LogP contribution in [0.25, 0.3) is 0 Å². The Morgan fingerprint density at radius 3 is 2.70 bits per heavy atom. The molecule has 0 radical (unpaired) electrons. The van der Waals surface area contributed by atoms with E-state index in [9.17, 15) is 26.7 Å². The average Bonchev–Trinajstić information content (AvgIpc) is 2.55. The third-order valence-corrected chi connectivity index (χ3v) is 4.11. The number of alkyl halides is 5. The number of amides is 1. The molecule has 1 aliphatic heterocycles. The second-order valence-electron chi connectivity index (χ2n) is 6.46. The Balaban J connectivity index is 1.97. The number of nitrogens with one attached hydrogen (secondary N) is 1. The van der Waals surface area contributed by atoms with Crippen molar-refractivity contribution in [1.82, 2.24) is 15.2 Å². The van der Waals surface area contributed by atoms with E-state index in [4.69, 9.17) is 0 Å². The number of rotatable bonds is 6. The summed E-state index contributed by atoms with van der Waals surface area (Å²) < 4.78 is 73.5. The largest absolute Gasteiger partial charge is 0.573 e. The molecule has 2 heterocycles. The van der Waals surface area contributed by atoms with Gasteiger partial charge in [-0.25, -0.2) is 4.98 Å². The van der Waals surface area contributed by atoms with Crippen molar-refractivity contribution in [3.05, 3.63) is 18.3 Å². The van der Waals surface area contributed by atoms with Gasteiger partial charge >= 0.3 is 12.3 Å². The molecule has 0 aromatic carbocycles. The first-order valence-corrected chi connectivity index (χ1v) is 8.19. The van der Waals surface area contributed by atoms with Crippen LogP contribution in [0.3, 0.4) is 0 Å². The molecule has 11 heteroatoms. The maximum Gasteiger partial charge on any atom is 0.573 e. The van der Waals surface area contributed by atoms with E-state index in [1.165, 1.54) is 0 Å². The molecule has 1 N–H and O–H groups in total. The van der Waals surface area contributed by atoms with Crippen LogP contribution in [0.5, 0.6) is 11.6 Å². The molecule has 2 atom stereocenters. The molecule has 0 aliphatic carbocycles. The first kappa shape index (κ1) is 21.1. The molecule has 152 valence electrons. The van der Waals surface area contributed by atoms with E-state index in [0.717, 1.165) is 18.3 Å². The summed E-state index contributed by atoms with van der Waals surface area (Å²) in [6.07, 6.45) is -3.47. The lowest BCUT2D eigenvalue weighted by Gasteiger charge is -2.35. The molecular formula is C16H20F5N3O3. The maximum absolute atomic E-state index is 14.1. The fraction of sp³-hybridized carbons (Fsp3) is 0.625. The Labute approximate surface area is 152 Å². The molecule has 1 aromatic rings. The summed E-state index contributed by atoms with van der Waals surface area (Å²) in [7, 11) is 1.89.